The van der Waals surface area contributed by atoms with Crippen LogP contribution in [0.15, 0.2) is 60.4 Å². The maximum Gasteiger partial charge on any atom is 0.266 e. The number of nitrogens with two attached hydrogens (primary N) is 1. The topological polar surface area (TPSA) is 48.0 Å². The van der Waals surface area contributed by atoms with Gasteiger partial charge in [0, 0.05) is 11.4 Å². The second-order valence-electron chi connectivity index (χ2n) is 4.76. The van der Waals surface area contributed by atoms with Crippen LogP contribution < -0.4 is 11.3 Å². The first-order valence-corrected chi connectivity index (χ1v) is 7.50. The van der Waals surface area contributed by atoms with Crippen LogP contribution in [0.3, 0.4) is 0 Å². The quantitative estimate of drug-likeness (QED) is 0.851. The first-order chi connectivity index (χ1) is 11.1. The highest BCUT2D eigenvalue weighted by Gasteiger charge is 2.13. The van der Waals surface area contributed by atoms with Crippen molar-refractivity contribution in [3.05, 3.63) is 77.5 Å². The summed E-state index contributed by atoms with van der Waals surface area (Å²) in [7, 11) is 1.50. The van der Waals surface area contributed by atoms with Crippen LogP contribution in [0, 0.1) is 5.82 Å². The molecule has 0 atom stereocenters. The van der Waals surface area contributed by atoms with Crippen molar-refractivity contribution in [2.24, 2.45) is 5.73 Å². The Morgan fingerprint density at radius 2 is 2.04 bits per heavy atom. The van der Waals surface area contributed by atoms with E-state index >= 15 is 0 Å². The molecule has 4 heteroatoms. The van der Waals surface area contributed by atoms with Gasteiger partial charge in [-0.2, -0.15) is 0 Å². The molecule has 1 heterocycles. The number of hydrogen-bond donors (Lipinski definition) is 1. The molecule has 0 aliphatic heterocycles. The summed E-state index contributed by atoms with van der Waals surface area (Å²) in [5.74, 6) is -0.503. The van der Waals surface area contributed by atoms with Gasteiger partial charge in [-0.1, -0.05) is 44.7 Å². The Morgan fingerprint density at radius 1 is 1.35 bits per heavy atom. The van der Waals surface area contributed by atoms with Gasteiger partial charge >= 0.3 is 0 Å². The Morgan fingerprint density at radius 3 is 2.61 bits per heavy atom. The largest absolute Gasteiger partial charge is 0.333 e. The second-order valence-corrected chi connectivity index (χ2v) is 4.76. The molecule has 0 saturated carbocycles. The van der Waals surface area contributed by atoms with E-state index in [-0.39, 0.29) is 10.9 Å². The van der Waals surface area contributed by atoms with Gasteiger partial charge in [-0.05, 0) is 43.1 Å². The van der Waals surface area contributed by atoms with Crippen molar-refractivity contribution < 1.29 is 4.39 Å². The van der Waals surface area contributed by atoms with E-state index in [2.05, 4.69) is 18.9 Å². The normalized spacial score (nSPS) is 10.9. The lowest BCUT2D eigenvalue weighted by Gasteiger charge is -2.15. The van der Waals surface area contributed by atoms with E-state index in [0.717, 1.165) is 18.5 Å². The minimum Gasteiger partial charge on any atom is -0.333 e. The van der Waals surface area contributed by atoms with Crippen molar-refractivity contribution in [2.45, 2.75) is 19.8 Å². The lowest BCUT2D eigenvalue weighted by Crippen LogP contribution is -2.23. The standard InChI is InChI=1S/C18H18FNO.CH5N/c1-4-8-14(6-3)20-15(9-5-2)12-13-10-7-11-16(19)17(13)18(20)21;1-2/h4,6-8,10-12H,1,3,5,9H2,2H3;2H2,1H3/b14-8+;. The minimum atomic E-state index is -0.503. The van der Waals surface area contributed by atoms with Crippen LogP contribution in [0.25, 0.3) is 16.5 Å². The number of rotatable bonds is 5. The van der Waals surface area contributed by atoms with Gasteiger partial charge < -0.3 is 5.73 Å². The predicted molar refractivity (Wildman–Crippen MR) is 96.9 cm³/mol. The molecule has 3 nitrogen and oxygen atoms in total. The van der Waals surface area contributed by atoms with Crippen molar-refractivity contribution in [1.29, 1.82) is 0 Å². The third-order valence-corrected chi connectivity index (χ3v) is 3.33. The summed E-state index contributed by atoms with van der Waals surface area (Å²) in [5.41, 5.74) is 5.58. The van der Waals surface area contributed by atoms with Crippen LogP contribution in [0.2, 0.25) is 0 Å². The monoisotopic (exact) mass is 314 g/mol. The van der Waals surface area contributed by atoms with Crippen LogP contribution in [-0.4, -0.2) is 11.6 Å². The zero-order chi connectivity index (χ0) is 17.4. The number of halogens is 1. The molecule has 0 bridgehead atoms. The number of benzene rings is 1. The van der Waals surface area contributed by atoms with E-state index in [1.807, 2.05) is 13.0 Å². The molecule has 0 radical (unpaired) electrons. The Hall–Kier alpha value is -2.46. The number of fused-ring (bicyclic) bond motifs is 1. The van der Waals surface area contributed by atoms with Gasteiger partial charge in [0.1, 0.15) is 5.82 Å². The van der Waals surface area contributed by atoms with Gasteiger partial charge in [0.2, 0.25) is 0 Å². The van der Waals surface area contributed by atoms with E-state index in [9.17, 15) is 9.18 Å². The number of nitrogens with zero attached hydrogens (tertiary/aromatic N) is 1. The highest BCUT2D eigenvalue weighted by Crippen LogP contribution is 2.19. The first kappa shape index (κ1) is 18.6. The third kappa shape index (κ3) is 3.85. The highest BCUT2D eigenvalue weighted by atomic mass is 19.1. The van der Waals surface area contributed by atoms with Gasteiger partial charge in [0.25, 0.3) is 5.56 Å². The average molecular weight is 314 g/mol. The summed E-state index contributed by atoms with van der Waals surface area (Å²) in [6.07, 6.45) is 6.47. The zero-order valence-electron chi connectivity index (χ0n) is 13.7. The molecule has 0 fully saturated rings. The van der Waals surface area contributed by atoms with Gasteiger partial charge in [-0.25, -0.2) is 4.39 Å². The number of aryl methyl sites for hydroxylation is 1. The summed E-state index contributed by atoms with van der Waals surface area (Å²) in [6, 6.07) is 6.54. The van der Waals surface area contributed by atoms with Crippen molar-refractivity contribution in [3.8, 4) is 0 Å². The molecule has 122 valence electrons. The molecule has 1 aromatic carbocycles. The molecule has 0 amide bonds. The average Bonchev–Trinajstić information content (AvgIpc) is 2.56. The highest BCUT2D eigenvalue weighted by molar-refractivity contribution is 5.83. The Labute approximate surface area is 136 Å². The molecule has 2 aromatic rings. The minimum absolute atomic E-state index is 0.106. The van der Waals surface area contributed by atoms with Crippen LogP contribution >= 0.6 is 0 Å². The van der Waals surface area contributed by atoms with E-state index in [4.69, 9.17) is 0 Å². The van der Waals surface area contributed by atoms with Crippen LogP contribution in [0.1, 0.15) is 19.0 Å². The predicted octanol–water partition coefficient (Wildman–Crippen LogP) is 3.88. The number of pyridine rings is 1. The van der Waals surface area contributed by atoms with Gasteiger partial charge in [-0.3, -0.25) is 9.36 Å². The van der Waals surface area contributed by atoms with Gasteiger partial charge in [0.05, 0.1) is 5.39 Å². The Bertz CT molecular complexity index is 788. The summed E-state index contributed by atoms with van der Waals surface area (Å²) in [4.78, 5) is 12.7. The molecule has 0 aliphatic carbocycles. The number of allylic oxidation sites excluding steroid dienone is 4. The van der Waals surface area contributed by atoms with Crippen LogP contribution in [0.4, 0.5) is 4.39 Å². The van der Waals surface area contributed by atoms with Gasteiger partial charge in [-0.15, -0.1) is 0 Å². The SMILES string of the molecule is C=C/C=C(\C=C)n1c(CCC)cc2cccc(F)c2c1=O.CN. The first-order valence-electron chi connectivity index (χ1n) is 7.50. The lowest BCUT2D eigenvalue weighted by molar-refractivity contribution is 0.637. The lowest BCUT2D eigenvalue weighted by atomic mass is 10.1. The molecular formula is C19H23FN2O. The van der Waals surface area contributed by atoms with Crippen molar-refractivity contribution in [3.63, 3.8) is 0 Å². The molecule has 2 N–H and O–H groups in total. The summed E-state index contributed by atoms with van der Waals surface area (Å²) in [6.45, 7) is 9.41. The fraction of sp³-hybridized carbons (Fsp3) is 0.211. The molecule has 0 aliphatic rings. The maximum absolute atomic E-state index is 14.0. The van der Waals surface area contributed by atoms with Crippen molar-refractivity contribution in [2.75, 3.05) is 7.05 Å². The van der Waals surface area contributed by atoms with E-state index < -0.39 is 5.82 Å². The fourth-order valence-corrected chi connectivity index (χ4v) is 2.45. The van der Waals surface area contributed by atoms with E-state index in [1.54, 1.807) is 30.4 Å². The van der Waals surface area contributed by atoms with Crippen molar-refractivity contribution in [1.82, 2.24) is 4.57 Å². The molecular weight excluding hydrogens is 291 g/mol. The zero-order valence-corrected chi connectivity index (χ0v) is 13.7. The van der Waals surface area contributed by atoms with E-state index in [1.165, 1.54) is 17.7 Å². The molecule has 2 rings (SSSR count). The number of aromatic nitrogens is 1. The molecule has 23 heavy (non-hydrogen) atoms. The van der Waals surface area contributed by atoms with Crippen LogP contribution in [0.5, 0.6) is 0 Å². The summed E-state index contributed by atoms with van der Waals surface area (Å²) < 4.78 is 15.5. The molecule has 0 spiro atoms. The number of hydrogen-bond acceptors (Lipinski definition) is 2. The molecule has 0 unspecified atom stereocenters. The van der Waals surface area contributed by atoms with Crippen molar-refractivity contribution >= 4 is 16.5 Å². The maximum atomic E-state index is 14.0. The third-order valence-electron chi connectivity index (χ3n) is 3.33. The smallest absolute Gasteiger partial charge is 0.266 e. The molecule has 0 saturated heterocycles. The Kier molecular flexibility index (Phi) is 7.16. The summed E-state index contributed by atoms with van der Waals surface area (Å²) in [5, 5.41) is 0.732. The molecule has 1 aromatic heterocycles. The Balaban J connectivity index is 0.00000127. The second kappa shape index (κ2) is 8.86. The fourth-order valence-electron chi connectivity index (χ4n) is 2.45. The van der Waals surface area contributed by atoms with Crippen LogP contribution in [-0.2, 0) is 6.42 Å². The summed E-state index contributed by atoms with van der Waals surface area (Å²) >= 11 is 0. The van der Waals surface area contributed by atoms with E-state index in [0.29, 0.717) is 11.1 Å². The van der Waals surface area contributed by atoms with Gasteiger partial charge in [0.15, 0.2) is 0 Å².